The monoisotopic (exact) mass is 240 g/mol. The van der Waals surface area contributed by atoms with Crippen LogP contribution in [0.3, 0.4) is 0 Å². The molecule has 0 amide bonds. The van der Waals surface area contributed by atoms with E-state index in [-0.39, 0.29) is 0 Å². The number of hydrogen-bond donors (Lipinski definition) is 1. The van der Waals surface area contributed by atoms with E-state index in [1.54, 1.807) is 0 Å². The van der Waals surface area contributed by atoms with Crippen LogP contribution < -0.4 is 5.73 Å². The van der Waals surface area contributed by atoms with Crippen LogP contribution in [0.25, 0.3) is 0 Å². The summed E-state index contributed by atoms with van der Waals surface area (Å²) >= 11 is 4.95. The summed E-state index contributed by atoms with van der Waals surface area (Å²) in [5, 5.41) is 8.14. The van der Waals surface area contributed by atoms with Crippen molar-refractivity contribution in [2.75, 3.05) is 0 Å². The van der Waals surface area contributed by atoms with Crippen molar-refractivity contribution >= 4 is 17.2 Å². The number of nitrogens with zero attached hydrogens (tertiary/aromatic N) is 3. The van der Waals surface area contributed by atoms with E-state index < -0.39 is 0 Å². The second-order valence-electron chi connectivity index (χ2n) is 3.89. The smallest absolute Gasteiger partial charge is 0.143 e. The molecule has 1 heterocycles. The van der Waals surface area contributed by atoms with Gasteiger partial charge in [-0.05, 0) is 12.8 Å². The van der Waals surface area contributed by atoms with Gasteiger partial charge in [0.25, 0.3) is 0 Å². The average molecular weight is 240 g/mol. The molecule has 90 valence electrons. The van der Waals surface area contributed by atoms with Gasteiger partial charge in [-0.1, -0.05) is 50.5 Å². The largest absolute Gasteiger partial charge is 0.388 e. The van der Waals surface area contributed by atoms with E-state index in [9.17, 15) is 0 Å². The number of thiocarbonyl (C=S) groups is 1. The molecule has 1 rings (SSSR count). The van der Waals surface area contributed by atoms with Crippen molar-refractivity contribution in [3.8, 4) is 0 Å². The fourth-order valence-corrected chi connectivity index (χ4v) is 1.90. The second-order valence-corrected chi connectivity index (χ2v) is 4.33. The molecule has 0 atom stereocenters. The first-order valence-electron chi connectivity index (χ1n) is 5.92. The van der Waals surface area contributed by atoms with E-state index in [0.717, 1.165) is 25.1 Å². The molecule has 0 bridgehead atoms. The predicted molar refractivity (Wildman–Crippen MR) is 69.4 cm³/mol. The fourth-order valence-electron chi connectivity index (χ4n) is 1.74. The van der Waals surface area contributed by atoms with Crippen molar-refractivity contribution in [2.24, 2.45) is 5.73 Å². The molecular formula is C11H20N4S. The van der Waals surface area contributed by atoms with Crippen LogP contribution in [0.15, 0.2) is 0 Å². The van der Waals surface area contributed by atoms with Crippen molar-refractivity contribution in [1.29, 1.82) is 0 Å². The van der Waals surface area contributed by atoms with E-state index in [4.69, 9.17) is 18.0 Å². The minimum Gasteiger partial charge on any atom is -0.388 e. The third-order valence-electron chi connectivity index (χ3n) is 2.63. The molecule has 0 aromatic carbocycles. The average Bonchev–Trinajstić information content (AvgIpc) is 2.67. The van der Waals surface area contributed by atoms with Gasteiger partial charge in [-0.25, -0.2) is 4.68 Å². The first-order chi connectivity index (χ1) is 7.70. The number of unbranched alkanes of at least 4 members (excludes halogenated alkanes) is 3. The molecule has 0 aliphatic carbocycles. The lowest BCUT2D eigenvalue weighted by atomic mass is 10.2. The first-order valence-corrected chi connectivity index (χ1v) is 6.33. The molecule has 1 aromatic heterocycles. The maximum Gasteiger partial charge on any atom is 0.143 e. The molecule has 0 fully saturated rings. The molecule has 2 N–H and O–H groups in total. The fraction of sp³-hybridized carbons (Fsp3) is 0.727. The molecule has 0 unspecified atom stereocenters. The SMILES string of the molecule is CCCCCCn1nnc(C(N)=S)c1CC. The summed E-state index contributed by atoms with van der Waals surface area (Å²) in [6, 6.07) is 0. The number of hydrogen-bond acceptors (Lipinski definition) is 3. The summed E-state index contributed by atoms with van der Waals surface area (Å²) in [4.78, 5) is 0.344. The van der Waals surface area contributed by atoms with E-state index in [1.807, 2.05) is 4.68 Å². The first kappa shape index (κ1) is 13.1. The number of aryl methyl sites for hydroxylation is 1. The summed E-state index contributed by atoms with van der Waals surface area (Å²) in [6.07, 6.45) is 5.77. The van der Waals surface area contributed by atoms with Crippen LogP contribution in [0.5, 0.6) is 0 Å². The van der Waals surface area contributed by atoms with Gasteiger partial charge in [-0.2, -0.15) is 0 Å². The topological polar surface area (TPSA) is 56.7 Å². The predicted octanol–water partition coefficient (Wildman–Crippen LogP) is 2.05. The zero-order valence-corrected chi connectivity index (χ0v) is 10.9. The van der Waals surface area contributed by atoms with E-state index in [2.05, 4.69) is 24.2 Å². The molecule has 0 spiro atoms. The molecule has 4 nitrogen and oxygen atoms in total. The van der Waals surface area contributed by atoms with Crippen molar-refractivity contribution in [3.05, 3.63) is 11.4 Å². The summed E-state index contributed by atoms with van der Waals surface area (Å²) in [5.41, 5.74) is 7.34. The molecule has 16 heavy (non-hydrogen) atoms. The standard InChI is InChI=1S/C11H20N4S/c1-3-5-6-7-8-15-9(4-2)10(11(12)16)13-14-15/h3-8H2,1-2H3,(H2,12,16). The van der Waals surface area contributed by atoms with Crippen LogP contribution in [0.1, 0.15) is 50.9 Å². The molecule has 0 aliphatic rings. The summed E-state index contributed by atoms with van der Waals surface area (Å²) in [7, 11) is 0. The quantitative estimate of drug-likeness (QED) is 0.585. The Labute approximate surface area is 102 Å². The van der Waals surface area contributed by atoms with Crippen LogP contribution in [-0.2, 0) is 13.0 Å². The Bertz CT molecular complexity index is 346. The van der Waals surface area contributed by atoms with Gasteiger partial charge < -0.3 is 5.73 Å². The lowest BCUT2D eigenvalue weighted by molar-refractivity contribution is 0.513. The van der Waals surface area contributed by atoms with Crippen molar-refractivity contribution in [2.45, 2.75) is 52.5 Å². The highest BCUT2D eigenvalue weighted by Crippen LogP contribution is 2.09. The summed E-state index contributed by atoms with van der Waals surface area (Å²) in [6.45, 7) is 5.19. The van der Waals surface area contributed by atoms with Crippen LogP contribution in [-0.4, -0.2) is 20.0 Å². The Morgan fingerprint density at radius 3 is 2.62 bits per heavy atom. The van der Waals surface area contributed by atoms with Gasteiger partial charge in [0.15, 0.2) is 0 Å². The number of aromatic nitrogens is 3. The molecule has 0 aliphatic heterocycles. The van der Waals surface area contributed by atoms with Crippen LogP contribution in [0.4, 0.5) is 0 Å². The molecular weight excluding hydrogens is 220 g/mol. The maximum atomic E-state index is 5.60. The number of nitrogens with two attached hydrogens (primary N) is 1. The van der Waals surface area contributed by atoms with Gasteiger partial charge in [0.1, 0.15) is 10.7 Å². The van der Waals surface area contributed by atoms with Gasteiger partial charge in [-0.15, -0.1) is 5.10 Å². The van der Waals surface area contributed by atoms with Gasteiger partial charge in [0, 0.05) is 6.54 Å². The zero-order valence-electron chi connectivity index (χ0n) is 10.1. The van der Waals surface area contributed by atoms with Crippen LogP contribution >= 0.6 is 12.2 Å². The Balaban J connectivity index is 2.62. The van der Waals surface area contributed by atoms with E-state index in [0.29, 0.717) is 10.7 Å². The highest BCUT2D eigenvalue weighted by Gasteiger charge is 2.12. The van der Waals surface area contributed by atoms with Crippen molar-refractivity contribution in [1.82, 2.24) is 15.0 Å². The van der Waals surface area contributed by atoms with Crippen molar-refractivity contribution < 1.29 is 0 Å². The van der Waals surface area contributed by atoms with Gasteiger partial charge in [0.05, 0.1) is 5.69 Å². The summed E-state index contributed by atoms with van der Waals surface area (Å²) in [5.74, 6) is 0. The normalized spacial score (nSPS) is 10.6. The van der Waals surface area contributed by atoms with E-state index in [1.165, 1.54) is 19.3 Å². The maximum absolute atomic E-state index is 5.60. The van der Waals surface area contributed by atoms with E-state index >= 15 is 0 Å². The highest BCUT2D eigenvalue weighted by molar-refractivity contribution is 7.80. The third-order valence-corrected chi connectivity index (χ3v) is 2.82. The molecule has 1 aromatic rings. The highest BCUT2D eigenvalue weighted by atomic mass is 32.1. The van der Waals surface area contributed by atoms with Crippen LogP contribution in [0, 0.1) is 0 Å². The summed E-state index contributed by atoms with van der Waals surface area (Å²) < 4.78 is 1.93. The molecule has 5 heteroatoms. The van der Waals surface area contributed by atoms with Crippen LogP contribution in [0.2, 0.25) is 0 Å². The van der Waals surface area contributed by atoms with Crippen molar-refractivity contribution in [3.63, 3.8) is 0 Å². The van der Waals surface area contributed by atoms with Gasteiger partial charge in [-0.3, -0.25) is 0 Å². The number of rotatable bonds is 7. The molecule has 0 radical (unpaired) electrons. The third kappa shape index (κ3) is 3.27. The lowest BCUT2D eigenvalue weighted by Gasteiger charge is -2.05. The molecule has 0 saturated carbocycles. The Hall–Kier alpha value is -0.970. The van der Waals surface area contributed by atoms with Gasteiger partial charge >= 0.3 is 0 Å². The molecule has 0 saturated heterocycles. The Morgan fingerprint density at radius 2 is 2.06 bits per heavy atom. The second kappa shape index (κ2) is 6.58. The minimum absolute atomic E-state index is 0.344. The lowest BCUT2D eigenvalue weighted by Crippen LogP contribution is -2.13. The van der Waals surface area contributed by atoms with Gasteiger partial charge in [0.2, 0.25) is 0 Å². The zero-order chi connectivity index (χ0) is 12.0. The minimum atomic E-state index is 0.344. The Kier molecular flexibility index (Phi) is 5.38. The Morgan fingerprint density at radius 1 is 1.31 bits per heavy atom.